The summed E-state index contributed by atoms with van der Waals surface area (Å²) in [5, 5.41) is 0. The van der Waals surface area contributed by atoms with E-state index in [2.05, 4.69) is 35.3 Å². The molecule has 0 saturated carbocycles. The van der Waals surface area contributed by atoms with Crippen LogP contribution in [0, 0.1) is 0 Å². The molecule has 5 nitrogen and oxygen atoms in total. The van der Waals surface area contributed by atoms with Crippen LogP contribution < -0.4 is 4.74 Å². The van der Waals surface area contributed by atoms with Crippen LogP contribution >= 0.6 is 0 Å². The molecule has 5 heteroatoms. The Morgan fingerprint density at radius 1 is 1.10 bits per heavy atom. The molecule has 0 bridgehead atoms. The van der Waals surface area contributed by atoms with Crippen LogP contribution in [0.15, 0.2) is 67.0 Å². The van der Waals surface area contributed by atoms with Crippen LogP contribution in [-0.2, 0) is 17.6 Å². The topological polar surface area (TPSA) is 55.3 Å². The molecule has 0 N–H and O–H groups in total. The molecule has 0 spiro atoms. The van der Waals surface area contributed by atoms with E-state index in [1.165, 1.54) is 5.56 Å². The first-order chi connectivity index (χ1) is 14.7. The number of hydrogen-bond acceptors (Lipinski definition) is 4. The summed E-state index contributed by atoms with van der Waals surface area (Å²) in [5.41, 5.74) is 4.31. The highest BCUT2D eigenvalue weighted by molar-refractivity contribution is 5.78. The Kier molecular flexibility index (Phi) is 6.38. The fourth-order valence-corrected chi connectivity index (χ4v) is 4.05. The molecule has 154 valence electrons. The minimum atomic E-state index is 0.179. The van der Waals surface area contributed by atoms with Gasteiger partial charge in [-0.3, -0.25) is 14.8 Å². The first-order valence-electron chi connectivity index (χ1n) is 10.5. The van der Waals surface area contributed by atoms with Crippen LogP contribution in [0.3, 0.4) is 0 Å². The van der Waals surface area contributed by atoms with Gasteiger partial charge in [0.05, 0.1) is 13.5 Å². The molecule has 30 heavy (non-hydrogen) atoms. The van der Waals surface area contributed by atoms with E-state index >= 15 is 0 Å². The van der Waals surface area contributed by atoms with Crippen molar-refractivity contribution in [2.45, 2.75) is 31.6 Å². The molecule has 1 amide bonds. The number of carbonyl (C=O) groups excluding carboxylic acids is 1. The number of carbonyl (C=O) groups is 1. The van der Waals surface area contributed by atoms with Gasteiger partial charge >= 0.3 is 0 Å². The second-order valence-electron chi connectivity index (χ2n) is 7.79. The third kappa shape index (κ3) is 5.03. The summed E-state index contributed by atoms with van der Waals surface area (Å²) in [4.78, 5) is 23.7. The highest BCUT2D eigenvalue weighted by atomic mass is 16.5. The van der Waals surface area contributed by atoms with Crippen molar-refractivity contribution >= 4 is 5.91 Å². The molecule has 0 radical (unpaired) electrons. The second kappa shape index (κ2) is 9.53. The van der Waals surface area contributed by atoms with Crippen molar-refractivity contribution in [3.63, 3.8) is 0 Å². The van der Waals surface area contributed by atoms with Crippen molar-refractivity contribution in [2.75, 3.05) is 20.2 Å². The number of likely N-dealkylation sites (tertiary alicyclic amines) is 1. The third-order valence-electron chi connectivity index (χ3n) is 5.64. The number of nitrogens with zero attached hydrogens (tertiary/aromatic N) is 3. The molecule has 0 aliphatic carbocycles. The lowest BCUT2D eigenvalue weighted by Crippen LogP contribution is -2.40. The molecule has 1 aliphatic rings. The van der Waals surface area contributed by atoms with E-state index < -0.39 is 0 Å². The molecule has 1 unspecified atom stereocenters. The highest BCUT2D eigenvalue weighted by Crippen LogP contribution is 2.27. The Balaban J connectivity index is 1.43. The summed E-state index contributed by atoms with van der Waals surface area (Å²) in [6.07, 6.45) is 6.74. The van der Waals surface area contributed by atoms with Gasteiger partial charge in [-0.1, -0.05) is 18.2 Å². The second-order valence-corrected chi connectivity index (χ2v) is 7.79. The summed E-state index contributed by atoms with van der Waals surface area (Å²) in [5.74, 6) is 1.32. The zero-order chi connectivity index (χ0) is 20.8. The standard InChI is InChI=1S/C25H27N3O2/c1-30-23-8-2-5-20(16-23)15-22-7-3-9-24(27-22)21-6-4-14-28(18-21)25(29)17-19-10-12-26-13-11-19/h2-3,5,7-13,16,21H,4,6,14-15,17-18H2,1H3. The number of benzene rings is 1. The van der Waals surface area contributed by atoms with E-state index in [0.29, 0.717) is 6.42 Å². The van der Waals surface area contributed by atoms with Gasteiger partial charge < -0.3 is 9.64 Å². The van der Waals surface area contributed by atoms with Gasteiger partial charge in [0.15, 0.2) is 0 Å². The average molecular weight is 402 g/mol. The number of pyridine rings is 2. The number of ether oxygens (including phenoxy) is 1. The molecule has 1 aliphatic heterocycles. The van der Waals surface area contributed by atoms with Crippen LogP contribution in [0.25, 0.3) is 0 Å². The summed E-state index contributed by atoms with van der Waals surface area (Å²) < 4.78 is 5.33. The number of piperidine rings is 1. The van der Waals surface area contributed by atoms with Crippen LogP contribution in [0.5, 0.6) is 5.75 Å². The van der Waals surface area contributed by atoms with Crippen molar-refractivity contribution in [2.24, 2.45) is 0 Å². The van der Waals surface area contributed by atoms with E-state index in [0.717, 1.165) is 55.1 Å². The van der Waals surface area contributed by atoms with E-state index in [1.807, 2.05) is 29.2 Å². The van der Waals surface area contributed by atoms with Crippen molar-refractivity contribution in [3.8, 4) is 5.75 Å². The van der Waals surface area contributed by atoms with Gasteiger partial charge in [-0.15, -0.1) is 0 Å². The first kappa shape index (κ1) is 20.1. The maximum atomic E-state index is 12.8. The van der Waals surface area contributed by atoms with E-state index in [1.54, 1.807) is 19.5 Å². The molecular formula is C25H27N3O2. The molecule has 1 fully saturated rings. The molecule has 4 rings (SSSR count). The zero-order valence-corrected chi connectivity index (χ0v) is 17.3. The maximum absolute atomic E-state index is 12.8. The highest BCUT2D eigenvalue weighted by Gasteiger charge is 2.25. The quantitative estimate of drug-likeness (QED) is 0.626. The fraction of sp³-hybridized carbons (Fsp3) is 0.320. The Hall–Kier alpha value is -3.21. The van der Waals surface area contributed by atoms with Crippen LogP contribution in [0.4, 0.5) is 0 Å². The van der Waals surface area contributed by atoms with Crippen molar-refractivity contribution in [1.82, 2.24) is 14.9 Å². The van der Waals surface area contributed by atoms with Crippen molar-refractivity contribution in [1.29, 1.82) is 0 Å². The smallest absolute Gasteiger partial charge is 0.227 e. The Bertz CT molecular complexity index is 990. The summed E-state index contributed by atoms with van der Waals surface area (Å²) in [6.45, 7) is 1.56. The van der Waals surface area contributed by atoms with Crippen LogP contribution in [-0.4, -0.2) is 41.0 Å². The zero-order valence-electron chi connectivity index (χ0n) is 17.3. The minimum Gasteiger partial charge on any atom is -0.497 e. The number of rotatable bonds is 6. The average Bonchev–Trinajstić information content (AvgIpc) is 2.80. The monoisotopic (exact) mass is 401 g/mol. The SMILES string of the molecule is COc1cccc(Cc2cccc(C3CCCN(C(=O)Cc4ccncc4)C3)n2)c1. The lowest BCUT2D eigenvalue weighted by Gasteiger charge is -2.32. The Morgan fingerprint density at radius 3 is 2.77 bits per heavy atom. The van der Waals surface area contributed by atoms with Gasteiger partial charge in [-0.25, -0.2) is 0 Å². The van der Waals surface area contributed by atoms with Crippen molar-refractivity contribution < 1.29 is 9.53 Å². The van der Waals surface area contributed by atoms with Gasteiger partial charge in [0.2, 0.25) is 5.91 Å². The van der Waals surface area contributed by atoms with Gasteiger partial charge in [-0.05, 0) is 60.4 Å². The van der Waals surface area contributed by atoms with Crippen LogP contribution in [0.2, 0.25) is 0 Å². The normalized spacial score (nSPS) is 16.3. The van der Waals surface area contributed by atoms with E-state index in [-0.39, 0.29) is 11.8 Å². The molecule has 1 aromatic carbocycles. The maximum Gasteiger partial charge on any atom is 0.227 e. The number of amides is 1. The third-order valence-corrected chi connectivity index (χ3v) is 5.64. The number of hydrogen-bond donors (Lipinski definition) is 0. The Labute approximate surface area is 177 Å². The molecule has 3 aromatic rings. The molecule has 3 heterocycles. The number of methoxy groups -OCH3 is 1. The van der Waals surface area contributed by atoms with Gasteiger partial charge in [0.1, 0.15) is 5.75 Å². The predicted molar refractivity (Wildman–Crippen MR) is 117 cm³/mol. The lowest BCUT2D eigenvalue weighted by molar-refractivity contribution is -0.131. The van der Waals surface area contributed by atoms with E-state index in [9.17, 15) is 4.79 Å². The molecular weight excluding hydrogens is 374 g/mol. The Morgan fingerprint density at radius 2 is 1.93 bits per heavy atom. The fourth-order valence-electron chi connectivity index (χ4n) is 4.05. The largest absolute Gasteiger partial charge is 0.497 e. The minimum absolute atomic E-state index is 0.179. The number of aromatic nitrogens is 2. The predicted octanol–water partition coefficient (Wildman–Crippen LogP) is 4.02. The van der Waals surface area contributed by atoms with Gasteiger partial charge in [-0.2, -0.15) is 0 Å². The van der Waals surface area contributed by atoms with Gasteiger partial charge in [0, 0.05) is 49.2 Å². The lowest BCUT2D eigenvalue weighted by atomic mass is 9.93. The summed E-state index contributed by atoms with van der Waals surface area (Å²) >= 11 is 0. The summed E-state index contributed by atoms with van der Waals surface area (Å²) in [6, 6.07) is 18.2. The van der Waals surface area contributed by atoms with Crippen LogP contribution in [0.1, 0.15) is 41.3 Å². The first-order valence-corrected chi connectivity index (χ1v) is 10.5. The molecule has 1 saturated heterocycles. The molecule has 2 aromatic heterocycles. The van der Waals surface area contributed by atoms with Gasteiger partial charge in [0.25, 0.3) is 0 Å². The van der Waals surface area contributed by atoms with Crippen molar-refractivity contribution in [3.05, 3.63) is 89.5 Å². The summed E-state index contributed by atoms with van der Waals surface area (Å²) in [7, 11) is 1.68. The molecule has 1 atom stereocenters. The van der Waals surface area contributed by atoms with E-state index in [4.69, 9.17) is 9.72 Å².